The largest absolute Gasteiger partial charge is 0.486 e. The van der Waals surface area contributed by atoms with E-state index in [0.717, 1.165) is 22.8 Å². The molecule has 3 rings (SSSR count). The van der Waals surface area contributed by atoms with Crippen LogP contribution in [-0.4, -0.2) is 35.5 Å². The number of aryl methyl sites for hydroxylation is 1. The first kappa shape index (κ1) is 15.3. The Labute approximate surface area is 135 Å². The van der Waals surface area contributed by atoms with Crippen molar-refractivity contribution in [2.45, 2.75) is 20.4 Å². The summed E-state index contributed by atoms with van der Waals surface area (Å²) in [4.78, 5) is 18.6. The first-order chi connectivity index (χ1) is 11.2. The minimum atomic E-state index is -0.0186. The Balaban J connectivity index is 1.76. The molecule has 0 spiro atoms. The van der Waals surface area contributed by atoms with Gasteiger partial charge in [0.25, 0.3) is 5.91 Å². The minimum absolute atomic E-state index is 0.0186. The molecule has 0 fully saturated rings. The lowest BCUT2D eigenvalue weighted by Gasteiger charge is -2.23. The fourth-order valence-electron chi connectivity index (χ4n) is 2.51. The van der Waals surface area contributed by atoms with Crippen LogP contribution in [0.5, 0.6) is 11.5 Å². The number of carbonyl (C=O) groups excluding carboxylic acids is 1. The highest BCUT2D eigenvalue weighted by Crippen LogP contribution is 2.31. The van der Waals surface area contributed by atoms with Crippen LogP contribution >= 0.6 is 0 Å². The van der Waals surface area contributed by atoms with Gasteiger partial charge in [-0.05, 0) is 43.7 Å². The van der Waals surface area contributed by atoms with Crippen LogP contribution in [0.15, 0.2) is 36.5 Å². The smallest absolute Gasteiger partial charge is 0.255 e. The van der Waals surface area contributed by atoms with Crippen molar-refractivity contribution in [2.75, 3.05) is 19.8 Å². The fraction of sp³-hybridized carbons (Fsp3) is 0.333. The molecule has 120 valence electrons. The maximum absolute atomic E-state index is 12.6. The quantitative estimate of drug-likeness (QED) is 0.871. The average Bonchev–Trinajstić information content (AvgIpc) is 2.59. The molecule has 1 aliphatic heterocycles. The van der Waals surface area contributed by atoms with Crippen molar-refractivity contribution < 1.29 is 14.3 Å². The molecule has 0 bridgehead atoms. The number of fused-ring (bicyclic) bond motifs is 1. The monoisotopic (exact) mass is 312 g/mol. The van der Waals surface area contributed by atoms with Crippen molar-refractivity contribution >= 4 is 5.91 Å². The molecule has 0 unspecified atom stereocenters. The summed E-state index contributed by atoms with van der Waals surface area (Å²) in [6, 6.07) is 9.48. The van der Waals surface area contributed by atoms with Gasteiger partial charge in [-0.15, -0.1) is 0 Å². The standard InChI is InChI=1S/C18H20N2O3/c1-3-20(18(21)15-6-4-13(2)19-11-15)12-14-5-7-16-17(10-14)23-9-8-22-16/h4-7,10-11H,3,8-9,12H2,1-2H3. The molecule has 23 heavy (non-hydrogen) atoms. The molecular weight excluding hydrogens is 292 g/mol. The number of pyridine rings is 1. The predicted molar refractivity (Wildman–Crippen MR) is 86.8 cm³/mol. The van der Waals surface area contributed by atoms with Gasteiger partial charge in [0.2, 0.25) is 0 Å². The molecule has 0 saturated carbocycles. The van der Waals surface area contributed by atoms with Crippen LogP contribution in [0.1, 0.15) is 28.5 Å². The van der Waals surface area contributed by atoms with Gasteiger partial charge in [-0.3, -0.25) is 9.78 Å². The molecule has 1 aromatic heterocycles. The normalized spacial score (nSPS) is 12.8. The molecule has 0 saturated heterocycles. The van der Waals surface area contributed by atoms with Gasteiger partial charge in [0.1, 0.15) is 13.2 Å². The summed E-state index contributed by atoms with van der Waals surface area (Å²) in [5.74, 6) is 1.49. The van der Waals surface area contributed by atoms with E-state index >= 15 is 0 Å². The molecular formula is C18H20N2O3. The second-order valence-corrected chi connectivity index (χ2v) is 5.49. The second-order valence-electron chi connectivity index (χ2n) is 5.49. The van der Waals surface area contributed by atoms with E-state index in [1.54, 1.807) is 11.1 Å². The first-order valence-corrected chi connectivity index (χ1v) is 7.78. The first-order valence-electron chi connectivity index (χ1n) is 7.78. The summed E-state index contributed by atoms with van der Waals surface area (Å²) < 4.78 is 11.1. The van der Waals surface area contributed by atoms with Gasteiger partial charge in [-0.25, -0.2) is 0 Å². The molecule has 0 N–H and O–H groups in total. The number of rotatable bonds is 4. The number of carbonyl (C=O) groups is 1. The van der Waals surface area contributed by atoms with E-state index in [9.17, 15) is 4.79 Å². The van der Waals surface area contributed by atoms with Crippen LogP contribution in [0.25, 0.3) is 0 Å². The maximum Gasteiger partial charge on any atom is 0.255 e. The van der Waals surface area contributed by atoms with E-state index in [1.807, 2.05) is 44.2 Å². The third-order valence-electron chi connectivity index (χ3n) is 3.81. The van der Waals surface area contributed by atoms with Gasteiger partial charge < -0.3 is 14.4 Å². The Kier molecular flexibility index (Phi) is 4.46. The van der Waals surface area contributed by atoms with Crippen molar-refractivity contribution in [2.24, 2.45) is 0 Å². The fourth-order valence-corrected chi connectivity index (χ4v) is 2.51. The highest BCUT2D eigenvalue weighted by Gasteiger charge is 2.17. The van der Waals surface area contributed by atoms with E-state index in [-0.39, 0.29) is 5.91 Å². The molecule has 0 radical (unpaired) electrons. The van der Waals surface area contributed by atoms with E-state index in [0.29, 0.717) is 31.9 Å². The van der Waals surface area contributed by atoms with Crippen LogP contribution in [0, 0.1) is 6.92 Å². The number of amides is 1. The lowest BCUT2D eigenvalue weighted by Crippen LogP contribution is -2.30. The van der Waals surface area contributed by atoms with Crippen LogP contribution in [-0.2, 0) is 6.54 Å². The number of aromatic nitrogens is 1. The Morgan fingerprint density at radius 1 is 1.17 bits per heavy atom. The van der Waals surface area contributed by atoms with Crippen LogP contribution < -0.4 is 9.47 Å². The van der Waals surface area contributed by atoms with E-state index in [1.165, 1.54) is 0 Å². The number of benzene rings is 1. The lowest BCUT2D eigenvalue weighted by molar-refractivity contribution is 0.0752. The van der Waals surface area contributed by atoms with Crippen molar-refractivity contribution in [1.29, 1.82) is 0 Å². The van der Waals surface area contributed by atoms with Gasteiger partial charge in [0.05, 0.1) is 5.56 Å². The van der Waals surface area contributed by atoms with Crippen molar-refractivity contribution in [3.05, 3.63) is 53.3 Å². The molecule has 5 nitrogen and oxygen atoms in total. The minimum Gasteiger partial charge on any atom is -0.486 e. The van der Waals surface area contributed by atoms with Crippen molar-refractivity contribution in [1.82, 2.24) is 9.88 Å². The summed E-state index contributed by atoms with van der Waals surface area (Å²) in [6.07, 6.45) is 1.63. The van der Waals surface area contributed by atoms with Crippen LogP contribution in [0.4, 0.5) is 0 Å². The van der Waals surface area contributed by atoms with Gasteiger partial charge in [0, 0.05) is 25.0 Å². The third-order valence-corrected chi connectivity index (χ3v) is 3.81. The third kappa shape index (κ3) is 3.44. The zero-order valence-electron chi connectivity index (χ0n) is 13.4. The molecule has 2 heterocycles. The summed E-state index contributed by atoms with van der Waals surface area (Å²) in [5, 5.41) is 0. The zero-order valence-corrected chi connectivity index (χ0v) is 13.4. The number of nitrogens with zero attached hydrogens (tertiary/aromatic N) is 2. The SMILES string of the molecule is CCN(Cc1ccc2c(c1)OCCO2)C(=O)c1ccc(C)nc1. The van der Waals surface area contributed by atoms with E-state index in [4.69, 9.17) is 9.47 Å². The number of ether oxygens (including phenoxy) is 2. The molecule has 0 atom stereocenters. The molecule has 1 aliphatic rings. The lowest BCUT2D eigenvalue weighted by atomic mass is 10.1. The average molecular weight is 312 g/mol. The Morgan fingerprint density at radius 2 is 1.96 bits per heavy atom. The summed E-state index contributed by atoms with van der Waals surface area (Å²) in [5.41, 5.74) is 2.52. The van der Waals surface area contributed by atoms with Crippen LogP contribution in [0.2, 0.25) is 0 Å². The molecule has 5 heteroatoms. The van der Waals surface area contributed by atoms with Gasteiger partial charge in [0.15, 0.2) is 11.5 Å². The Hall–Kier alpha value is -2.56. The molecule has 2 aromatic rings. The van der Waals surface area contributed by atoms with E-state index < -0.39 is 0 Å². The Morgan fingerprint density at radius 3 is 2.65 bits per heavy atom. The summed E-state index contributed by atoms with van der Waals surface area (Å²) in [6.45, 7) is 6.16. The molecule has 0 aliphatic carbocycles. The van der Waals surface area contributed by atoms with Crippen LogP contribution in [0.3, 0.4) is 0 Å². The Bertz CT molecular complexity index is 698. The molecule has 1 aromatic carbocycles. The zero-order chi connectivity index (χ0) is 16.2. The molecule has 1 amide bonds. The topological polar surface area (TPSA) is 51.7 Å². The number of hydrogen-bond acceptors (Lipinski definition) is 4. The van der Waals surface area contributed by atoms with E-state index in [2.05, 4.69) is 4.98 Å². The maximum atomic E-state index is 12.6. The second kappa shape index (κ2) is 6.69. The van der Waals surface area contributed by atoms with Gasteiger partial charge >= 0.3 is 0 Å². The summed E-state index contributed by atoms with van der Waals surface area (Å²) >= 11 is 0. The van der Waals surface area contributed by atoms with Crippen molar-refractivity contribution in [3.8, 4) is 11.5 Å². The number of hydrogen-bond donors (Lipinski definition) is 0. The van der Waals surface area contributed by atoms with Crippen molar-refractivity contribution in [3.63, 3.8) is 0 Å². The highest BCUT2D eigenvalue weighted by molar-refractivity contribution is 5.93. The highest BCUT2D eigenvalue weighted by atomic mass is 16.6. The summed E-state index contributed by atoms with van der Waals surface area (Å²) in [7, 11) is 0. The van der Waals surface area contributed by atoms with Gasteiger partial charge in [-0.2, -0.15) is 0 Å². The van der Waals surface area contributed by atoms with Gasteiger partial charge in [-0.1, -0.05) is 6.07 Å². The predicted octanol–water partition coefficient (Wildman–Crippen LogP) is 2.82.